The normalized spacial score (nSPS) is 11.7. The number of likely N-dealkylation sites (N-methyl/N-ethyl adjacent to an activating group) is 1. The van der Waals surface area contributed by atoms with Crippen LogP contribution in [0.5, 0.6) is 0 Å². The third-order valence-corrected chi connectivity index (χ3v) is 5.50. The third-order valence-electron chi connectivity index (χ3n) is 5.50. The maximum Gasteiger partial charge on any atom is 0.326 e. The van der Waals surface area contributed by atoms with E-state index in [1.807, 2.05) is 30.3 Å². The monoisotopic (exact) mass is 432 g/mol. The molecule has 2 N–H and O–H groups in total. The molecule has 0 spiro atoms. The van der Waals surface area contributed by atoms with Crippen LogP contribution in [0.2, 0.25) is 0 Å². The number of aliphatic carboxylic acids is 1. The zero-order chi connectivity index (χ0) is 22.9. The number of carboxylic acid groups (broad SMARTS) is 1. The molecule has 174 valence electrons. The Morgan fingerprint density at radius 2 is 1.58 bits per heavy atom. The van der Waals surface area contributed by atoms with Gasteiger partial charge in [-0.3, -0.25) is 9.59 Å². The lowest BCUT2D eigenvalue weighted by atomic mass is 10.1. The smallest absolute Gasteiger partial charge is 0.326 e. The molecule has 0 aliphatic heterocycles. The summed E-state index contributed by atoms with van der Waals surface area (Å²) in [5, 5.41) is 12.0. The summed E-state index contributed by atoms with van der Waals surface area (Å²) < 4.78 is 0. The summed E-state index contributed by atoms with van der Waals surface area (Å²) >= 11 is 0. The first kappa shape index (κ1) is 26.7. The highest BCUT2D eigenvalue weighted by Gasteiger charge is 2.19. The standard InChI is InChI=1S/C25H40N2O4/c1-3-4-5-6-7-8-12-18-23(28)26-22(25(30)31)17-13-14-19-27(2)24(29)20-21-15-10-9-11-16-21/h9-11,15-16,22H,3-8,12-14,17-20H2,1-2H3,(H,26,28)(H,30,31). The van der Waals surface area contributed by atoms with Crippen LogP contribution < -0.4 is 5.32 Å². The van der Waals surface area contributed by atoms with E-state index in [0.29, 0.717) is 38.6 Å². The molecule has 1 unspecified atom stereocenters. The molecule has 31 heavy (non-hydrogen) atoms. The molecular weight excluding hydrogens is 392 g/mol. The highest BCUT2D eigenvalue weighted by molar-refractivity contribution is 5.83. The summed E-state index contributed by atoms with van der Waals surface area (Å²) in [5.41, 5.74) is 0.981. The largest absolute Gasteiger partial charge is 0.480 e. The number of hydrogen-bond acceptors (Lipinski definition) is 3. The second kappa shape index (κ2) is 16.3. The van der Waals surface area contributed by atoms with Gasteiger partial charge in [0.2, 0.25) is 11.8 Å². The fraction of sp³-hybridized carbons (Fsp3) is 0.640. The number of benzene rings is 1. The zero-order valence-electron chi connectivity index (χ0n) is 19.3. The summed E-state index contributed by atoms with van der Waals surface area (Å²) in [6.07, 6.45) is 10.3. The van der Waals surface area contributed by atoms with Crippen molar-refractivity contribution in [2.75, 3.05) is 13.6 Å². The van der Waals surface area contributed by atoms with Gasteiger partial charge in [-0.2, -0.15) is 0 Å². The summed E-state index contributed by atoms with van der Waals surface area (Å²) in [7, 11) is 1.77. The maximum atomic E-state index is 12.3. The Balaban J connectivity index is 2.20. The number of nitrogens with zero attached hydrogens (tertiary/aromatic N) is 1. The van der Waals surface area contributed by atoms with Crippen molar-refractivity contribution in [2.45, 2.75) is 90.0 Å². The minimum Gasteiger partial charge on any atom is -0.480 e. The van der Waals surface area contributed by atoms with E-state index >= 15 is 0 Å². The molecule has 6 nitrogen and oxygen atoms in total. The first-order chi connectivity index (χ1) is 14.9. The van der Waals surface area contributed by atoms with Crippen molar-refractivity contribution >= 4 is 17.8 Å². The van der Waals surface area contributed by atoms with E-state index in [-0.39, 0.29) is 11.8 Å². The van der Waals surface area contributed by atoms with Crippen molar-refractivity contribution in [1.29, 1.82) is 0 Å². The van der Waals surface area contributed by atoms with Gasteiger partial charge in [-0.05, 0) is 31.2 Å². The van der Waals surface area contributed by atoms with E-state index in [1.54, 1.807) is 11.9 Å². The Morgan fingerprint density at radius 1 is 0.935 bits per heavy atom. The highest BCUT2D eigenvalue weighted by Crippen LogP contribution is 2.09. The highest BCUT2D eigenvalue weighted by atomic mass is 16.4. The van der Waals surface area contributed by atoms with Crippen LogP contribution in [0.15, 0.2) is 30.3 Å². The third kappa shape index (κ3) is 12.8. The van der Waals surface area contributed by atoms with E-state index in [0.717, 1.165) is 24.8 Å². The number of carbonyl (C=O) groups is 3. The lowest BCUT2D eigenvalue weighted by molar-refractivity contribution is -0.142. The van der Waals surface area contributed by atoms with Gasteiger partial charge in [-0.15, -0.1) is 0 Å². The van der Waals surface area contributed by atoms with E-state index in [2.05, 4.69) is 12.2 Å². The van der Waals surface area contributed by atoms with Gasteiger partial charge in [0.25, 0.3) is 0 Å². The lowest BCUT2D eigenvalue weighted by Crippen LogP contribution is -2.40. The van der Waals surface area contributed by atoms with Gasteiger partial charge in [0, 0.05) is 20.0 Å². The predicted molar refractivity (Wildman–Crippen MR) is 124 cm³/mol. The van der Waals surface area contributed by atoms with E-state index in [4.69, 9.17) is 0 Å². The Morgan fingerprint density at radius 3 is 2.23 bits per heavy atom. The fourth-order valence-corrected chi connectivity index (χ4v) is 3.49. The molecule has 1 aromatic carbocycles. The topological polar surface area (TPSA) is 86.7 Å². The number of carboxylic acids is 1. The molecule has 0 aliphatic rings. The Hall–Kier alpha value is -2.37. The molecule has 0 fully saturated rings. The minimum absolute atomic E-state index is 0.0454. The number of rotatable bonds is 17. The van der Waals surface area contributed by atoms with Gasteiger partial charge in [-0.25, -0.2) is 4.79 Å². The predicted octanol–water partition coefficient (Wildman–Crippen LogP) is 4.57. The molecule has 0 radical (unpaired) electrons. The van der Waals surface area contributed by atoms with Crippen LogP contribution in [0.3, 0.4) is 0 Å². The molecule has 0 aliphatic carbocycles. The molecule has 0 bridgehead atoms. The second-order valence-electron chi connectivity index (χ2n) is 8.30. The summed E-state index contributed by atoms with van der Waals surface area (Å²) in [5.74, 6) is -1.14. The Labute approximate surface area is 187 Å². The first-order valence-corrected chi connectivity index (χ1v) is 11.7. The summed E-state index contributed by atoms with van der Waals surface area (Å²) in [6.45, 7) is 2.76. The van der Waals surface area contributed by atoms with Crippen LogP contribution in [0, 0.1) is 0 Å². The molecule has 0 saturated carbocycles. The van der Waals surface area contributed by atoms with Gasteiger partial charge in [0.15, 0.2) is 0 Å². The van der Waals surface area contributed by atoms with E-state index in [9.17, 15) is 19.5 Å². The van der Waals surface area contributed by atoms with Crippen molar-refractivity contribution in [2.24, 2.45) is 0 Å². The molecule has 2 amide bonds. The molecular formula is C25H40N2O4. The second-order valence-corrected chi connectivity index (χ2v) is 8.30. The van der Waals surface area contributed by atoms with Gasteiger partial charge in [0.05, 0.1) is 6.42 Å². The van der Waals surface area contributed by atoms with E-state index in [1.165, 1.54) is 25.7 Å². The minimum atomic E-state index is -0.999. The molecule has 1 aromatic rings. The van der Waals surface area contributed by atoms with Crippen LogP contribution in [0.1, 0.15) is 83.1 Å². The van der Waals surface area contributed by atoms with Crippen molar-refractivity contribution in [3.8, 4) is 0 Å². The summed E-state index contributed by atoms with van der Waals surface area (Å²) in [4.78, 5) is 37.5. The average Bonchev–Trinajstić information content (AvgIpc) is 2.75. The van der Waals surface area contributed by atoms with Crippen molar-refractivity contribution in [1.82, 2.24) is 10.2 Å². The van der Waals surface area contributed by atoms with Crippen LogP contribution in [0.4, 0.5) is 0 Å². The van der Waals surface area contributed by atoms with Gasteiger partial charge >= 0.3 is 5.97 Å². The Bertz CT molecular complexity index is 648. The molecule has 0 aromatic heterocycles. The molecule has 0 heterocycles. The lowest BCUT2D eigenvalue weighted by Gasteiger charge is -2.18. The van der Waals surface area contributed by atoms with Crippen molar-refractivity contribution in [3.05, 3.63) is 35.9 Å². The van der Waals surface area contributed by atoms with Crippen molar-refractivity contribution in [3.63, 3.8) is 0 Å². The SMILES string of the molecule is CCCCCCCCCC(=O)NC(CCCCN(C)C(=O)Cc1ccccc1)C(=O)O. The maximum absolute atomic E-state index is 12.3. The number of amides is 2. The number of unbranched alkanes of at least 4 members (excludes halogenated alkanes) is 7. The summed E-state index contributed by atoms with van der Waals surface area (Å²) in [6, 6.07) is 8.75. The van der Waals surface area contributed by atoms with Crippen LogP contribution >= 0.6 is 0 Å². The number of nitrogens with one attached hydrogen (secondary N) is 1. The number of carbonyl (C=O) groups excluding carboxylic acids is 2. The van der Waals surface area contributed by atoms with Gasteiger partial charge < -0.3 is 15.3 Å². The molecule has 1 rings (SSSR count). The van der Waals surface area contributed by atoms with Crippen LogP contribution in [0.25, 0.3) is 0 Å². The van der Waals surface area contributed by atoms with Crippen molar-refractivity contribution < 1.29 is 19.5 Å². The molecule has 1 atom stereocenters. The first-order valence-electron chi connectivity index (χ1n) is 11.7. The van der Waals surface area contributed by atoms with Crippen LogP contribution in [-0.2, 0) is 20.8 Å². The van der Waals surface area contributed by atoms with Gasteiger partial charge in [-0.1, -0.05) is 75.8 Å². The van der Waals surface area contributed by atoms with E-state index < -0.39 is 12.0 Å². The van der Waals surface area contributed by atoms with Gasteiger partial charge in [0.1, 0.15) is 6.04 Å². The molecule has 0 saturated heterocycles. The zero-order valence-corrected chi connectivity index (χ0v) is 19.3. The number of hydrogen-bond donors (Lipinski definition) is 2. The van der Waals surface area contributed by atoms with Crippen LogP contribution in [-0.4, -0.2) is 47.4 Å². The Kier molecular flexibility index (Phi) is 14.1. The quantitative estimate of drug-likeness (QED) is 0.353. The average molecular weight is 433 g/mol. The fourth-order valence-electron chi connectivity index (χ4n) is 3.49. The molecule has 6 heteroatoms.